The van der Waals surface area contributed by atoms with Gasteiger partial charge in [0.15, 0.2) is 0 Å². The molecule has 2 fully saturated rings. The van der Waals surface area contributed by atoms with Crippen LogP contribution in [0.3, 0.4) is 0 Å². The van der Waals surface area contributed by atoms with Crippen LogP contribution in [-0.2, 0) is 14.3 Å². The lowest BCUT2D eigenvalue weighted by atomic mass is 10.0. The summed E-state index contributed by atoms with van der Waals surface area (Å²) in [5.74, 6) is -0.834. The molecule has 2 atom stereocenters. The maximum absolute atomic E-state index is 13.0. The molecule has 2 amide bonds. The van der Waals surface area contributed by atoms with Crippen LogP contribution in [0.5, 0.6) is 5.88 Å². The minimum absolute atomic E-state index is 0.0724. The summed E-state index contributed by atoms with van der Waals surface area (Å²) in [6, 6.07) is 7.77. The van der Waals surface area contributed by atoms with Gasteiger partial charge in [0.05, 0.1) is 36.4 Å². The van der Waals surface area contributed by atoms with Crippen LogP contribution in [0.1, 0.15) is 40.0 Å². The molecule has 41 heavy (non-hydrogen) atoms. The number of amides is 2. The molecule has 2 aliphatic heterocycles. The van der Waals surface area contributed by atoms with Crippen molar-refractivity contribution in [1.29, 1.82) is 0 Å². The van der Waals surface area contributed by atoms with Crippen molar-refractivity contribution in [2.45, 2.75) is 31.4 Å². The number of esters is 1. The first-order valence-electron chi connectivity index (χ1n) is 13.6. The van der Waals surface area contributed by atoms with Crippen LogP contribution in [-0.4, -0.2) is 105 Å². The molecule has 0 saturated carbocycles. The molecule has 0 aliphatic carbocycles. The van der Waals surface area contributed by atoms with E-state index in [1.54, 1.807) is 31.4 Å². The summed E-state index contributed by atoms with van der Waals surface area (Å²) in [4.78, 5) is 46.3. The normalized spacial score (nSPS) is 19.5. The number of anilines is 2. The van der Waals surface area contributed by atoms with E-state index in [0.717, 1.165) is 19.6 Å². The van der Waals surface area contributed by atoms with Gasteiger partial charge < -0.3 is 30.6 Å². The van der Waals surface area contributed by atoms with E-state index in [-0.39, 0.29) is 52.9 Å². The maximum Gasteiger partial charge on any atom is 0.338 e. The van der Waals surface area contributed by atoms with Gasteiger partial charge in [-0.2, -0.15) is 4.98 Å². The Morgan fingerprint density at radius 2 is 1.83 bits per heavy atom. The minimum atomic E-state index is -0.409. The molecule has 222 valence electrons. The second-order valence-electron chi connectivity index (χ2n) is 10.1. The first kappa shape index (κ1) is 30.5. The number of aromatic nitrogens is 1. The highest BCUT2D eigenvalue weighted by atomic mass is 35.5. The number of nitrogens with one attached hydrogen (secondary N) is 2. The molecule has 4 N–H and O–H groups in total. The first-order chi connectivity index (χ1) is 19.8. The van der Waals surface area contributed by atoms with Crippen LogP contribution < -0.4 is 21.1 Å². The SMILES string of the molecule is COc1nc(N)c(Cl)cc1C(=O)N[C@@H]1CCN(CC(=O)Nc2ccc(C(=O)OCCN3CCCC3)cc2)C[C@@H]1OC. The average molecular weight is 589 g/mol. The monoisotopic (exact) mass is 588 g/mol. The zero-order valence-corrected chi connectivity index (χ0v) is 24.1. The van der Waals surface area contributed by atoms with Crippen LogP contribution in [0.25, 0.3) is 0 Å². The lowest BCUT2D eigenvalue weighted by molar-refractivity contribution is -0.118. The molecule has 4 rings (SSSR count). The number of pyridine rings is 1. The summed E-state index contributed by atoms with van der Waals surface area (Å²) in [5.41, 5.74) is 6.91. The van der Waals surface area contributed by atoms with Gasteiger partial charge in [-0.3, -0.25) is 19.4 Å². The van der Waals surface area contributed by atoms with Crippen LogP contribution in [0.4, 0.5) is 11.5 Å². The fourth-order valence-corrected chi connectivity index (χ4v) is 5.18. The molecule has 1 aromatic heterocycles. The van der Waals surface area contributed by atoms with Crippen molar-refractivity contribution in [2.75, 3.05) is 71.1 Å². The highest BCUT2D eigenvalue weighted by molar-refractivity contribution is 6.33. The van der Waals surface area contributed by atoms with E-state index >= 15 is 0 Å². The molecule has 2 aromatic rings. The second kappa shape index (κ2) is 14.4. The molecule has 0 spiro atoms. The zero-order chi connectivity index (χ0) is 29.4. The Labute approximate surface area is 244 Å². The quantitative estimate of drug-likeness (QED) is 0.333. The number of nitrogen functional groups attached to an aromatic ring is 1. The summed E-state index contributed by atoms with van der Waals surface area (Å²) in [6.07, 6.45) is 2.60. The Kier molecular flexibility index (Phi) is 10.7. The number of carbonyl (C=O) groups is 3. The number of likely N-dealkylation sites (tertiary alicyclic amines) is 2. The third-order valence-corrected chi connectivity index (χ3v) is 7.58. The summed E-state index contributed by atoms with van der Waals surface area (Å²) >= 11 is 6.06. The fraction of sp³-hybridized carbons (Fsp3) is 0.500. The molecular weight excluding hydrogens is 552 g/mol. The van der Waals surface area contributed by atoms with E-state index in [9.17, 15) is 14.4 Å². The van der Waals surface area contributed by atoms with Crippen molar-refractivity contribution in [1.82, 2.24) is 20.1 Å². The molecule has 0 unspecified atom stereocenters. The molecule has 1 aromatic carbocycles. The van der Waals surface area contributed by atoms with Crippen LogP contribution >= 0.6 is 11.6 Å². The van der Waals surface area contributed by atoms with Crippen molar-refractivity contribution in [3.8, 4) is 5.88 Å². The first-order valence-corrected chi connectivity index (χ1v) is 14.0. The Morgan fingerprint density at radius 1 is 1.10 bits per heavy atom. The lowest BCUT2D eigenvalue weighted by Gasteiger charge is -2.37. The second-order valence-corrected chi connectivity index (χ2v) is 10.5. The van der Waals surface area contributed by atoms with Crippen LogP contribution in [0, 0.1) is 0 Å². The van der Waals surface area contributed by atoms with Gasteiger partial charge >= 0.3 is 5.97 Å². The Morgan fingerprint density at radius 3 is 2.51 bits per heavy atom. The predicted molar refractivity (Wildman–Crippen MR) is 154 cm³/mol. The maximum atomic E-state index is 13.0. The van der Waals surface area contributed by atoms with E-state index in [0.29, 0.717) is 37.4 Å². The summed E-state index contributed by atoms with van der Waals surface area (Å²) < 4.78 is 16.2. The number of piperidine rings is 1. The third-order valence-electron chi connectivity index (χ3n) is 7.28. The van der Waals surface area contributed by atoms with E-state index in [1.807, 2.05) is 4.90 Å². The molecule has 13 heteroatoms. The highest BCUT2D eigenvalue weighted by Crippen LogP contribution is 2.25. The van der Waals surface area contributed by atoms with E-state index < -0.39 is 5.91 Å². The number of methoxy groups -OCH3 is 2. The number of ether oxygens (including phenoxy) is 3. The summed E-state index contributed by atoms with van der Waals surface area (Å²) in [7, 11) is 2.96. The Bertz CT molecular complexity index is 1220. The van der Waals surface area contributed by atoms with Gasteiger partial charge in [-0.05, 0) is 62.7 Å². The van der Waals surface area contributed by atoms with Gasteiger partial charge in [0.25, 0.3) is 5.91 Å². The van der Waals surface area contributed by atoms with Crippen molar-refractivity contribution in [3.63, 3.8) is 0 Å². The largest absolute Gasteiger partial charge is 0.480 e. The highest BCUT2D eigenvalue weighted by Gasteiger charge is 2.32. The van der Waals surface area contributed by atoms with Crippen molar-refractivity contribution < 1.29 is 28.6 Å². The number of nitrogens with zero attached hydrogens (tertiary/aromatic N) is 3. The van der Waals surface area contributed by atoms with Crippen molar-refractivity contribution in [3.05, 3.63) is 46.5 Å². The predicted octanol–water partition coefficient (Wildman–Crippen LogP) is 2.04. The summed E-state index contributed by atoms with van der Waals surface area (Å²) in [5, 5.41) is 5.98. The van der Waals surface area contributed by atoms with Gasteiger partial charge in [0.2, 0.25) is 11.8 Å². The fourth-order valence-electron chi connectivity index (χ4n) is 5.03. The number of halogens is 1. The number of hydrogen-bond acceptors (Lipinski definition) is 10. The average Bonchev–Trinajstić information content (AvgIpc) is 3.48. The minimum Gasteiger partial charge on any atom is -0.480 e. The molecule has 3 heterocycles. The van der Waals surface area contributed by atoms with Crippen LogP contribution in [0.2, 0.25) is 5.02 Å². The topological polar surface area (TPSA) is 148 Å². The van der Waals surface area contributed by atoms with Gasteiger partial charge in [-0.1, -0.05) is 11.6 Å². The van der Waals surface area contributed by atoms with Gasteiger partial charge in [0, 0.05) is 32.4 Å². The molecule has 2 saturated heterocycles. The van der Waals surface area contributed by atoms with Gasteiger partial charge in [-0.15, -0.1) is 0 Å². The molecular formula is C28H37ClN6O6. The number of hydrogen-bond donors (Lipinski definition) is 3. The van der Waals surface area contributed by atoms with Crippen LogP contribution in [0.15, 0.2) is 30.3 Å². The Hall–Kier alpha value is -3.45. The lowest BCUT2D eigenvalue weighted by Crippen LogP contribution is -2.55. The number of nitrogens with two attached hydrogens (primary N) is 1. The molecule has 0 bridgehead atoms. The van der Waals surface area contributed by atoms with E-state index in [4.69, 9.17) is 31.5 Å². The molecule has 0 radical (unpaired) electrons. The number of rotatable bonds is 11. The number of carbonyl (C=O) groups excluding carboxylic acids is 3. The van der Waals surface area contributed by atoms with E-state index in [2.05, 4.69) is 20.5 Å². The van der Waals surface area contributed by atoms with Gasteiger partial charge in [-0.25, -0.2) is 4.79 Å². The molecule has 2 aliphatic rings. The zero-order valence-electron chi connectivity index (χ0n) is 23.4. The third kappa shape index (κ3) is 8.29. The smallest absolute Gasteiger partial charge is 0.338 e. The molecule has 12 nitrogen and oxygen atoms in total. The van der Waals surface area contributed by atoms with Gasteiger partial charge in [0.1, 0.15) is 18.0 Å². The van der Waals surface area contributed by atoms with Crippen molar-refractivity contribution in [2.24, 2.45) is 0 Å². The summed E-state index contributed by atoms with van der Waals surface area (Å²) in [6.45, 7) is 4.37. The van der Waals surface area contributed by atoms with Crippen molar-refractivity contribution >= 4 is 40.9 Å². The number of benzene rings is 1. The van der Waals surface area contributed by atoms with E-state index in [1.165, 1.54) is 26.0 Å². The Balaban J connectivity index is 1.23. The standard InChI is InChI=1S/C28H37ClN6O6/c1-39-23-16-35(12-9-22(23)32-26(37)20-15-21(29)25(30)33-27(20)40-2)17-24(36)31-19-7-5-18(6-8-19)28(38)41-14-13-34-10-3-4-11-34/h5-8,15,22-23H,3-4,9-14,16-17H2,1-2H3,(H2,30,33)(H,31,36)(H,32,37)/t22-,23+/m1/s1.